The van der Waals surface area contributed by atoms with Crippen LogP contribution in [0.1, 0.15) is 92.9 Å². The maximum atomic E-state index is 13.7. The van der Waals surface area contributed by atoms with E-state index in [0.717, 1.165) is 66.2 Å². The lowest BCUT2D eigenvalue weighted by Crippen LogP contribution is -2.32. The zero-order chi connectivity index (χ0) is 35.6. The average Bonchev–Trinajstić information content (AvgIpc) is 3.13. The van der Waals surface area contributed by atoms with E-state index >= 15 is 0 Å². The van der Waals surface area contributed by atoms with Crippen LogP contribution in [0.25, 0.3) is 11.1 Å². The molecule has 0 atom stereocenters. The number of benzene rings is 2. The van der Waals surface area contributed by atoms with E-state index in [4.69, 9.17) is 0 Å². The van der Waals surface area contributed by atoms with Crippen LogP contribution in [-0.4, -0.2) is 71.1 Å². The molecule has 3 rings (SSSR count). The van der Waals surface area contributed by atoms with Crippen LogP contribution in [0.3, 0.4) is 0 Å². The molecule has 0 fully saturated rings. The van der Waals surface area contributed by atoms with Gasteiger partial charge in [-0.1, -0.05) is 43.2 Å². The van der Waals surface area contributed by atoms with Crippen molar-refractivity contribution in [3.8, 4) is 0 Å². The van der Waals surface area contributed by atoms with Crippen molar-refractivity contribution in [1.29, 1.82) is 0 Å². The standard InChI is InChI=1S/C33H45F4NO7S3/c1-46(39,40)38(21-6-7-22-47(41,42)23-9-19-33(35,36)37)20-5-3-2-4-11-32-30(27-14-16-29(34)17-15-27)12-8-10-28-24-26(13-18-31(28)32)25-48(43,44)45/h13-18,24H,2-12,19-23,25H2,1H3,(H,43,44,45)/p-1. The number of fused-ring (bicyclic) bond motifs is 1. The van der Waals surface area contributed by atoms with E-state index in [2.05, 4.69) is 0 Å². The summed E-state index contributed by atoms with van der Waals surface area (Å²) < 4.78 is 135. The highest BCUT2D eigenvalue weighted by molar-refractivity contribution is 7.91. The minimum absolute atomic E-state index is 0.122. The van der Waals surface area contributed by atoms with Crippen LogP contribution >= 0.6 is 0 Å². The predicted octanol–water partition coefficient (Wildman–Crippen LogP) is 6.87. The predicted molar refractivity (Wildman–Crippen MR) is 179 cm³/mol. The third kappa shape index (κ3) is 14.3. The van der Waals surface area contributed by atoms with Gasteiger partial charge in [0.15, 0.2) is 0 Å². The van der Waals surface area contributed by atoms with E-state index in [1.165, 1.54) is 16.4 Å². The van der Waals surface area contributed by atoms with Crippen LogP contribution in [0.15, 0.2) is 42.5 Å². The summed E-state index contributed by atoms with van der Waals surface area (Å²) in [6.07, 6.45) is 1.25. The van der Waals surface area contributed by atoms with Crippen molar-refractivity contribution in [1.82, 2.24) is 4.31 Å². The second kappa shape index (κ2) is 17.6. The molecule has 0 unspecified atom stereocenters. The number of allylic oxidation sites excluding steroid dienone is 2. The van der Waals surface area contributed by atoms with Crippen LogP contribution in [0.2, 0.25) is 0 Å². The molecule has 270 valence electrons. The van der Waals surface area contributed by atoms with Crippen LogP contribution in [0.5, 0.6) is 0 Å². The van der Waals surface area contributed by atoms with Crippen molar-refractivity contribution in [2.24, 2.45) is 0 Å². The second-order valence-corrected chi connectivity index (χ2v) is 18.1. The van der Waals surface area contributed by atoms with Crippen LogP contribution in [-0.2, 0) is 42.2 Å². The van der Waals surface area contributed by atoms with E-state index < -0.39 is 60.5 Å². The Morgan fingerprint density at radius 3 is 2.04 bits per heavy atom. The maximum Gasteiger partial charge on any atom is 0.389 e. The lowest BCUT2D eigenvalue weighted by atomic mass is 9.88. The third-order valence-corrected chi connectivity index (χ3v) is 12.2. The van der Waals surface area contributed by atoms with Gasteiger partial charge in [0.1, 0.15) is 15.7 Å². The molecule has 0 aliphatic heterocycles. The van der Waals surface area contributed by atoms with Gasteiger partial charge in [0.05, 0.1) is 33.6 Å². The smallest absolute Gasteiger partial charge is 0.389 e. The Bertz CT molecular complexity index is 1720. The highest BCUT2D eigenvalue weighted by atomic mass is 32.2. The number of nitrogens with zero attached hydrogens (tertiary/aromatic N) is 1. The fourth-order valence-electron chi connectivity index (χ4n) is 6.06. The van der Waals surface area contributed by atoms with Gasteiger partial charge in [0.2, 0.25) is 10.0 Å². The van der Waals surface area contributed by atoms with Crippen molar-refractivity contribution >= 4 is 41.1 Å². The highest BCUT2D eigenvalue weighted by Gasteiger charge is 2.27. The molecule has 0 heterocycles. The maximum absolute atomic E-state index is 13.7. The molecular formula is C33H44F4NO7S3-. The molecule has 0 aromatic heterocycles. The molecule has 0 amide bonds. The molecule has 15 heteroatoms. The molecular weight excluding hydrogens is 695 g/mol. The summed E-state index contributed by atoms with van der Waals surface area (Å²) in [6.45, 7) is 0.381. The molecule has 0 saturated carbocycles. The number of sulfone groups is 1. The highest BCUT2D eigenvalue weighted by Crippen LogP contribution is 2.39. The fourth-order valence-corrected chi connectivity index (χ4v) is 9.00. The summed E-state index contributed by atoms with van der Waals surface area (Å²) >= 11 is 0. The van der Waals surface area contributed by atoms with Gasteiger partial charge in [-0.05, 0) is 103 Å². The number of unbranched alkanes of at least 4 members (excludes halogenated alkanes) is 4. The van der Waals surface area contributed by atoms with Gasteiger partial charge in [0.25, 0.3) is 0 Å². The van der Waals surface area contributed by atoms with Gasteiger partial charge in [-0.15, -0.1) is 0 Å². The van der Waals surface area contributed by atoms with E-state index in [0.29, 0.717) is 24.8 Å². The van der Waals surface area contributed by atoms with Crippen LogP contribution in [0.4, 0.5) is 17.6 Å². The van der Waals surface area contributed by atoms with Gasteiger partial charge in [-0.2, -0.15) is 13.2 Å². The molecule has 0 bridgehead atoms. The van der Waals surface area contributed by atoms with Crippen molar-refractivity contribution in [2.45, 2.75) is 89.0 Å². The van der Waals surface area contributed by atoms with Gasteiger partial charge in [-0.3, -0.25) is 0 Å². The Morgan fingerprint density at radius 2 is 1.42 bits per heavy atom. The molecule has 2 aromatic carbocycles. The number of rotatable bonds is 19. The monoisotopic (exact) mass is 738 g/mol. The van der Waals surface area contributed by atoms with E-state index in [1.54, 1.807) is 24.3 Å². The van der Waals surface area contributed by atoms with E-state index in [9.17, 15) is 47.4 Å². The van der Waals surface area contributed by atoms with Crippen molar-refractivity contribution in [2.75, 3.05) is 30.9 Å². The first-order valence-electron chi connectivity index (χ1n) is 16.1. The summed E-state index contributed by atoms with van der Waals surface area (Å²) in [5.74, 6) is -1.77. The van der Waals surface area contributed by atoms with Crippen LogP contribution in [0, 0.1) is 5.82 Å². The van der Waals surface area contributed by atoms with Crippen LogP contribution < -0.4 is 0 Å². The topological polar surface area (TPSA) is 129 Å². The SMILES string of the molecule is CS(=O)(=O)N(CCCCCCC1=C(c2ccc(F)cc2)CCCc2cc(CS(=O)(=O)[O-])ccc21)CCCCS(=O)(=O)CCCC(F)(F)F. The van der Waals surface area contributed by atoms with Crippen molar-refractivity contribution in [3.05, 3.63) is 70.5 Å². The summed E-state index contributed by atoms with van der Waals surface area (Å²) in [5.41, 5.74) is 5.45. The molecule has 0 N–H and O–H groups in total. The fraction of sp³-hybridized carbons (Fsp3) is 0.576. The Balaban J connectivity index is 1.58. The summed E-state index contributed by atoms with van der Waals surface area (Å²) in [4.78, 5) is 0. The molecule has 0 saturated heterocycles. The largest absolute Gasteiger partial charge is 0.748 e. The Labute approximate surface area is 282 Å². The number of hydrogen-bond donors (Lipinski definition) is 0. The Kier molecular flexibility index (Phi) is 14.7. The first kappa shape index (κ1) is 40.1. The van der Waals surface area contributed by atoms with E-state index in [-0.39, 0.29) is 37.5 Å². The number of hydrogen-bond acceptors (Lipinski definition) is 7. The number of aryl methyl sites for hydroxylation is 1. The summed E-state index contributed by atoms with van der Waals surface area (Å²) in [7, 11) is -11.6. The average molecular weight is 739 g/mol. The van der Waals surface area contributed by atoms with Gasteiger partial charge in [0, 0.05) is 19.5 Å². The summed E-state index contributed by atoms with van der Waals surface area (Å²) in [5, 5.41) is 0. The first-order chi connectivity index (χ1) is 22.3. The number of alkyl halides is 3. The molecule has 0 radical (unpaired) electrons. The molecule has 48 heavy (non-hydrogen) atoms. The third-order valence-electron chi connectivity index (χ3n) is 8.35. The second-order valence-electron chi connectivity index (χ2n) is 12.4. The quantitative estimate of drug-likeness (QED) is 0.0875. The molecule has 2 aromatic rings. The minimum atomic E-state index is -4.44. The normalized spacial score (nSPS) is 14.7. The van der Waals surface area contributed by atoms with E-state index in [1.807, 2.05) is 6.07 Å². The van der Waals surface area contributed by atoms with Crippen molar-refractivity contribution < 1.29 is 47.4 Å². The van der Waals surface area contributed by atoms with Crippen molar-refractivity contribution in [3.63, 3.8) is 0 Å². The number of halogens is 4. The summed E-state index contributed by atoms with van der Waals surface area (Å²) in [6, 6.07) is 11.6. The Hall–Kier alpha value is -2.33. The molecule has 1 aliphatic carbocycles. The van der Waals surface area contributed by atoms with Gasteiger partial charge < -0.3 is 4.55 Å². The zero-order valence-electron chi connectivity index (χ0n) is 27.1. The minimum Gasteiger partial charge on any atom is -0.748 e. The molecule has 8 nitrogen and oxygen atoms in total. The number of sulfonamides is 1. The van der Waals surface area contributed by atoms with Gasteiger partial charge in [-0.25, -0.2) is 33.9 Å². The lowest BCUT2D eigenvalue weighted by Gasteiger charge is -2.20. The van der Waals surface area contributed by atoms with Gasteiger partial charge >= 0.3 is 6.18 Å². The zero-order valence-corrected chi connectivity index (χ0v) is 29.6. The molecule has 0 spiro atoms. The first-order valence-corrected chi connectivity index (χ1v) is 21.3. The molecule has 1 aliphatic rings. The lowest BCUT2D eigenvalue weighted by molar-refractivity contribution is -0.134. The Morgan fingerprint density at radius 1 is 0.792 bits per heavy atom.